The Morgan fingerprint density at radius 2 is 2.00 bits per heavy atom. The number of benzene rings is 1. The summed E-state index contributed by atoms with van der Waals surface area (Å²) in [5.41, 5.74) is 1.05. The lowest BCUT2D eigenvalue weighted by Crippen LogP contribution is -2.29. The molecule has 2 aromatic rings. The zero-order chi connectivity index (χ0) is 14.4. The van der Waals surface area contributed by atoms with Gasteiger partial charge in [-0.1, -0.05) is 41.9 Å². The van der Waals surface area contributed by atoms with E-state index >= 15 is 0 Å². The SMILES string of the molecule is O=C(CNc1ncnc(Cl)c1Br)NCc1ccccc1. The van der Waals surface area contributed by atoms with Crippen LogP contribution in [0.25, 0.3) is 0 Å². The van der Waals surface area contributed by atoms with E-state index in [0.29, 0.717) is 22.0 Å². The highest BCUT2D eigenvalue weighted by molar-refractivity contribution is 9.10. The number of aromatic nitrogens is 2. The third kappa shape index (κ3) is 4.18. The average Bonchev–Trinajstić information content (AvgIpc) is 2.48. The molecule has 1 aromatic heterocycles. The number of nitrogens with one attached hydrogen (secondary N) is 2. The van der Waals surface area contributed by atoms with Gasteiger partial charge in [0.2, 0.25) is 5.91 Å². The van der Waals surface area contributed by atoms with Crippen LogP contribution in [0.4, 0.5) is 5.82 Å². The third-order valence-corrected chi connectivity index (χ3v) is 3.76. The molecule has 0 bridgehead atoms. The second-order valence-corrected chi connectivity index (χ2v) is 5.09. The first-order valence-electron chi connectivity index (χ1n) is 5.87. The van der Waals surface area contributed by atoms with Gasteiger partial charge in [0.15, 0.2) is 0 Å². The van der Waals surface area contributed by atoms with Crippen LogP contribution in [-0.4, -0.2) is 22.4 Å². The van der Waals surface area contributed by atoms with Gasteiger partial charge in [0.05, 0.1) is 11.0 Å². The summed E-state index contributed by atoms with van der Waals surface area (Å²) in [4.78, 5) is 19.5. The fourth-order valence-corrected chi connectivity index (χ4v) is 1.97. The highest BCUT2D eigenvalue weighted by Crippen LogP contribution is 2.25. The maximum atomic E-state index is 11.7. The Hall–Kier alpha value is -1.66. The summed E-state index contributed by atoms with van der Waals surface area (Å²) in [6.45, 7) is 0.603. The molecular weight excluding hydrogens is 344 g/mol. The van der Waals surface area contributed by atoms with Crippen LogP contribution in [0.1, 0.15) is 5.56 Å². The molecule has 0 aliphatic heterocycles. The summed E-state index contributed by atoms with van der Waals surface area (Å²) in [7, 11) is 0. The normalized spacial score (nSPS) is 10.1. The van der Waals surface area contributed by atoms with Crippen molar-refractivity contribution in [3.8, 4) is 0 Å². The summed E-state index contributed by atoms with van der Waals surface area (Å²) < 4.78 is 0.539. The van der Waals surface area contributed by atoms with E-state index < -0.39 is 0 Å². The van der Waals surface area contributed by atoms with Crippen LogP contribution in [0.2, 0.25) is 5.15 Å². The van der Waals surface area contributed by atoms with E-state index in [4.69, 9.17) is 11.6 Å². The Balaban J connectivity index is 1.82. The first-order valence-corrected chi connectivity index (χ1v) is 7.04. The molecule has 0 aliphatic carbocycles. The average molecular weight is 356 g/mol. The van der Waals surface area contributed by atoms with Crippen molar-refractivity contribution in [2.75, 3.05) is 11.9 Å². The molecule has 0 saturated carbocycles. The number of hydrogen-bond donors (Lipinski definition) is 2. The summed E-state index contributed by atoms with van der Waals surface area (Å²) in [5.74, 6) is 0.357. The minimum absolute atomic E-state index is 0.110. The number of hydrogen-bond acceptors (Lipinski definition) is 4. The van der Waals surface area contributed by atoms with Crippen LogP contribution < -0.4 is 10.6 Å². The van der Waals surface area contributed by atoms with E-state index in [1.54, 1.807) is 0 Å². The molecule has 1 aromatic carbocycles. The first-order chi connectivity index (χ1) is 9.66. The van der Waals surface area contributed by atoms with Crippen LogP contribution in [-0.2, 0) is 11.3 Å². The van der Waals surface area contributed by atoms with Crippen LogP contribution in [0, 0.1) is 0 Å². The van der Waals surface area contributed by atoms with E-state index in [1.807, 2.05) is 30.3 Å². The van der Waals surface area contributed by atoms with Crippen molar-refractivity contribution in [1.82, 2.24) is 15.3 Å². The summed E-state index contributed by atoms with van der Waals surface area (Å²) in [6, 6.07) is 9.70. The summed E-state index contributed by atoms with van der Waals surface area (Å²) >= 11 is 9.09. The van der Waals surface area contributed by atoms with Crippen molar-refractivity contribution in [1.29, 1.82) is 0 Å². The van der Waals surface area contributed by atoms with Crippen molar-refractivity contribution in [2.24, 2.45) is 0 Å². The number of rotatable bonds is 5. The Morgan fingerprint density at radius 1 is 1.25 bits per heavy atom. The number of carbonyl (C=O) groups excluding carboxylic acids is 1. The third-order valence-electron chi connectivity index (χ3n) is 2.50. The minimum Gasteiger partial charge on any atom is -0.360 e. The van der Waals surface area contributed by atoms with E-state index in [9.17, 15) is 4.79 Å². The fourth-order valence-electron chi connectivity index (χ4n) is 1.49. The molecule has 0 spiro atoms. The highest BCUT2D eigenvalue weighted by Gasteiger charge is 2.08. The van der Waals surface area contributed by atoms with E-state index in [2.05, 4.69) is 36.5 Å². The largest absolute Gasteiger partial charge is 0.360 e. The molecule has 0 unspecified atom stereocenters. The lowest BCUT2D eigenvalue weighted by Gasteiger charge is -2.08. The Morgan fingerprint density at radius 3 is 2.75 bits per heavy atom. The molecule has 2 rings (SSSR count). The standard InChI is InChI=1S/C13H12BrClN4O/c14-11-12(15)18-8-19-13(11)17-7-10(20)16-6-9-4-2-1-3-5-9/h1-5,8H,6-7H2,(H,16,20)(H,17,18,19). The van der Waals surface area contributed by atoms with Crippen molar-refractivity contribution < 1.29 is 4.79 Å². The highest BCUT2D eigenvalue weighted by atomic mass is 79.9. The van der Waals surface area contributed by atoms with Gasteiger partial charge in [-0.2, -0.15) is 0 Å². The molecule has 1 heterocycles. The quantitative estimate of drug-likeness (QED) is 0.809. The van der Waals surface area contributed by atoms with E-state index in [-0.39, 0.29) is 12.5 Å². The van der Waals surface area contributed by atoms with E-state index in [0.717, 1.165) is 5.56 Å². The van der Waals surface area contributed by atoms with Gasteiger partial charge in [-0.15, -0.1) is 0 Å². The van der Waals surface area contributed by atoms with Crippen molar-refractivity contribution >= 4 is 39.3 Å². The molecule has 0 fully saturated rings. The van der Waals surface area contributed by atoms with Crippen molar-refractivity contribution in [2.45, 2.75) is 6.54 Å². The van der Waals surface area contributed by atoms with Crippen LogP contribution in [0.15, 0.2) is 41.1 Å². The van der Waals surface area contributed by atoms with Gasteiger partial charge in [0, 0.05) is 6.54 Å². The molecule has 2 N–H and O–H groups in total. The van der Waals surface area contributed by atoms with Crippen molar-refractivity contribution in [3.63, 3.8) is 0 Å². The lowest BCUT2D eigenvalue weighted by molar-refractivity contribution is -0.119. The molecule has 0 atom stereocenters. The van der Waals surface area contributed by atoms with Gasteiger partial charge in [-0.05, 0) is 21.5 Å². The second-order valence-electron chi connectivity index (χ2n) is 3.94. The molecule has 104 valence electrons. The predicted molar refractivity (Wildman–Crippen MR) is 81.5 cm³/mol. The summed E-state index contributed by atoms with van der Waals surface area (Å²) in [5, 5.41) is 6.00. The second kappa shape index (κ2) is 7.21. The molecule has 0 saturated heterocycles. The van der Waals surface area contributed by atoms with Crippen LogP contribution in [0.3, 0.4) is 0 Å². The van der Waals surface area contributed by atoms with Gasteiger partial charge in [0.1, 0.15) is 17.3 Å². The molecule has 20 heavy (non-hydrogen) atoms. The van der Waals surface area contributed by atoms with Gasteiger partial charge in [-0.25, -0.2) is 9.97 Å². The fraction of sp³-hybridized carbons (Fsp3) is 0.154. The number of amides is 1. The zero-order valence-corrected chi connectivity index (χ0v) is 12.8. The summed E-state index contributed by atoms with van der Waals surface area (Å²) in [6.07, 6.45) is 1.33. The van der Waals surface area contributed by atoms with Crippen LogP contribution in [0.5, 0.6) is 0 Å². The smallest absolute Gasteiger partial charge is 0.239 e. The Labute approximate surface area is 129 Å². The molecule has 0 aliphatic rings. The predicted octanol–water partition coefficient (Wildman–Crippen LogP) is 2.62. The first kappa shape index (κ1) is 14.7. The zero-order valence-electron chi connectivity index (χ0n) is 10.4. The van der Waals surface area contributed by atoms with Gasteiger partial charge >= 0.3 is 0 Å². The van der Waals surface area contributed by atoms with Crippen LogP contribution >= 0.6 is 27.5 Å². The molecule has 7 heteroatoms. The van der Waals surface area contributed by atoms with E-state index in [1.165, 1.54) is 6.33 Å². The Bertz CT molecular complexity index is 594. The lowest BCUT2D eigenvalue weighted by atomic mass is 10.2. The Kier molecular flexibility index (Phi) is 5.31. The number of carbonyl (C=O) groups is 1. The van der Waals surface area contributed by atoms with Gasteiger partial charge in [0.25, 0.3) is 0 Å². The number of nitrogens with zero attached hydrogens (tertiary/aromatic N) is 2. The molecular formula is C13H12BrClN4O. The monoisotopic (exact) mass is 354 g/mol. The maximum Gasteiger partial charge on any atom is 0.239 e. The van der Waals surface area contributed by atoms with Gasteiger partial charge in [-0.3, -0.25) is 4.79 Å². The van der Waals surface area contributed by atoms with Crippen molar-refractivity contribution in [3.05, 3.63) is 51.8 Å². The molecule has 1 amide bonds. The minimum atomic E-state index is -0.129. The topological polar surface area (TPSA) is 66.9 Å². The van der Waals surface area contributed by atoms with Gasteiger partial charge < -0.3 is 10.6 Å². The maximum absolute atomic E-state index is 11.7. The number of anilines is 1. The molecule has 0 radical (unpaired) electrons. The number of halogens is 2. The molecule has 5 nitrogen and oxygen atoms in total.